The smallest absolute Gasteiger partial charge is 0.187 e. The average molecular weight is 1040 g/mol. The highest BCUT2D eigenvalue weighted by Crippen LogP contribution is 2.71. The first-order valence-electron chi connectivity index (χ1n) is 26.7. The van der Waals surface area contributed by atoms with Crippen LogP contribution in [0.4, 0.5) is 0 Å². The minimum Gasteiger partial charge on any atom is -0.394 e. The zero-order chi connectivity index (χ0) is 51.3. The molecule has 0 unspecified atom stereocenters. The van der Waals surface area contributed by atoms with Crippen molar-refractivity contribution in [3.05, 3.63) is 0 Å². The van der Waals surface area contributed by atoms with E-state index < -0.39 is 149 Å². The largest absolute Gasteiger partial charge is 0.394 e. The fourth-order valence-electron chi connectivity index (χ4n) is 15.9. The fourth-order valence-corrected chi connectivity index (χ4v) is 15.9. The first kappa shape index (κ1) is 54.5. The SMILES string of the molecule is C[C@@H]1CC[C@@]2(OC1)O[C@H]1C[C@H]3[C@@H]4CC[C@H]5C[C@@H](O[C@@H]6O[C@H](CO)[C@H](O[C@@H]7O[C@H](CO)[C@@H](O[C@@H]8OC[C@@H](O)[C@H](O)[C@H]8O)[C@H](O)[C@H]7O[C@@H]7O[C@H](CO)[C@H](O)[C@H](O)[C@H]7O)[C@H](O)[C@H]6O)CC[C@]5(C)[C@H]4CC[C@]3(C)[C@H]1[C@@H]2C. The van der Waals surface area contributed by atoms with Gasteiger partial charge in [-0.3, -0.25) is 0 Å². The fraction of sp³-hybridized carbons (Fsp3) is 1.00. The van der Waals surface area contributed by atoms with Gasteiger partial charge in [0.05, 0.1) is 45.2 Å². The van der Waals surface area contributed by atoms with Crippen molar-refractivity contribution in [2.45, 2.75) is 227 Å². The summed E-state index contributed by atoms with van der Waals surface area (Å²) in [6.07, 6.45) is -22.5. The van der Waals surface area contributed by atoms with E-state index in [1.807, 2.05) is 0 Å². The predicted molar refractivity (Wildman–Crippen MR) is 242 cm³/mol. The summed E-state index contributed by atoms with van der Waals surface area (Å²) in [5.41, 5.74) is 0.299. The first-order chi connectivity index (χ1) is 34.3. The predicted octanol–water partition coefficient (Wildman–Crippen LogP) is -2.27. The molecule has 0 aromatic carbocycles. The van der Waals surface area contributed by atoms with E-state index in [-0.39, 0.29) is 23.0 Å². The van der Waals surface area contributed by atoms with Gasteiger partial charge in [-0.25, -0.2) is 0 Å². The number of hydrogen-bond acceptors (Lipinski definition) is 22. The molecule has 10 fully saturated rings. The third kappa shape index (κ3) is 9.26. The molecular formula is C50H82O22. The Labute approximate surface area is 419 Å². The van der Waals surface area contributed by atoms with Gasteiger partial charge in [0.15, 0.2) is 30.9 Å². The molecular weight excluding hydrogens is 953 g/mol. The Balaban J connectivity index is 0.800. The van der Waals surface area contributed by atoms with Crippen molar-refractivity contribution in [1.82, 2.24) is 0 Å². The molecule has 0 aromatic rings. The summed E-state index contributed by atoms with van der Waals surface area (Å²) in [5.74, 6) is 3.08. The summed E-state index contributed by atoms with van der Waals surface area (Å²) < 4.78 is 61.1. The molecule has 0 amide bonds. The lowest BCUT2D eigenvalue weighted by atomic mass is 9.44. The topological polar surface area (TPSA) is 335 Å². The zero-order valence-electron chi connectivity index (χ0n) is 41.7. The maximum absolute atomic E-state index is 11.9. The number of aliphatic hydroxyl groups excluding tert-OH is 12. The van der Waals surface area contributed by atoms with Crippen LogP contribution in [-0.2, 0) is 47.4 Å². The van der Waals surface area contributed by atoms with E-state index in [1.165, 1.54) is 12.8 Å². The van der Waals surface area contributed by atoms with Gasteiger partial charge >= 0.3 is 0 Å². The van der Waals surface area contributed by atoms with Crippen molar-refractivity contribution in [2.75, 3.05) is 33.0 Å². The Bertz CT molecular complexity index is 1830. The molecule has 72 heavy (non-hydrogen) atoms. The molecule has 4 saturated carbocycles. The van der Waals surface area contributed by atoms with E-state index in [0.29, 0.717) is 47.8 Å². The van der Waals surface area contributed by atoms with E-state index in [1.54, 1.807) is 0 Å². The van der Waals surface area contributed by atoms with Gasteiger partial charge in [0.25, 0.3) is 0 Å². The minimum absolute atomic E-state index is 0.0957. The van der Waals surface area contributed by atoms with Crippen molar-refractivity contribution in [3.8, 4) is 0 Å². The molecule has 0 aromatic heterocycles. The van der Waals surface area contributed by atoms with E-state index in [9.17, 15) is 61.3 Å². The molecule has 6 saturated heterocycles. The average Bonchev–Trinajstić information content (AvgIpc) is 3.82. The van der Waals surface area contributed by atoms with Gasteiger partial charge in [0.2, 0.25) is 0 Å². The second-order valence-corrected chi connectivity index (χ2v) is 23.9. The van der Waals surface area contributed by atoms with Gasteiger partial charge in [0, 0.05) is 12.3 Å². The zero-order valence-corrected chi connectivity index (χ0v) is 41.7. The summed E-state index contributed by atoms with van der Waals surface area (Å²) in [5, 5.41) is 129. The molecule has 414 valence electrons. The van der Waals surface area contributed by atoms with Crippen LogP contribution in [0, 0.1) is 52.3 Å². The van der Waals surface area contributed by atoms with Crippen LogP contribution in [0.2, 0.25) is 0 Å². The molecule has 1 spiro atoms. The van der Waals surface area contributed by atoms with Crippen molar-refractivity contribution in [1.29, 1.82) is 0 Å². The first-order valence-corrected chi connectivity index (χ1v) is 26.7. The second kappa shape index (κ2) is 21.1. The van der Waals surface area contributed by atoms with E-state index in [2.05, 4.69) is 27.7 Å². The van der Waals surface area contributed by atoms with Crippen molar-refractivity contribution in [3.63, 3.8) is 0 Å². The molecule has 10 aliphatic rings. The molecule has 10 rings (SSSR count). The van der Waals surface area contributed by atoms with E-state index in [4.69, 9.17) is 47.4 Å². The highest BCUT2D eigenvalue weighted by molar-refractivity contribution is 5.15. The lowest BCUT2D eigenvalue weighted by Gasteiger charge is -2.61. The van der Waals surface area contributed by atoms with Crippen LogP contribution in [0.5, 0.6) is 0 Å². The summed E-state index contributed by atoms with van der Waals surface area (Å²) in [7, 11) is 0. The Kier molecular flexibility index (Phi) is 15.9. The molecule has 22 nitrogen and oxygen atoms in total. The summed E-state index contributed by atoms with van der Waals surface area (Å²) >= 11 is 0. The van der Waals surface area contributed by atoms with Gasteiger partial charge in [0.1, 0.15) is 91.6 Å². The van der Waals surface area contributed by atoms with Gasteiger partial charge < -0.3 is 109 Å². The number of ether oxygens (including phenoxy) is 10. The number of rotatable bonds is 11. The van der Waals surface area contributed by atoms with Crippen LogP contribution in [0.15, 0.2) is 0 Å². The van der Waals surface area contributed by atoms with Gasteiger partial charge in [-0.1, -0.05) is 27.7 Å². The van der Waals surface area contributed by atoms with E-state index in [0.717, 1.165) is 51.6 Å². The summed E-state index contributed by atoms with van der Waals surface area (Å²) in [6.45, 7) is 7.48. The quantitative estimate of drug-likeness (QED) is 0.0971. The third-order valence-corrected chi connectivity index (χ3v) is 20.0. The molecule has 22 heteroatoms. The van der Waals surface area contributed by atoms with Crippen LogP contribution >= 0.6 is 0 Å². The van der Waals surface area contributed by atoms with Crippen LogP contribution in [0.1, 0.15) is 91.9 Å². The third-order valence-electron chi connectivity index (χ3n) is 20.0. The molecule has 0 radical (unpaired) electrons. The van der Waals surface area contributed by atoms with Gasteiger partial charge in [-0.15, -0.1) is 0 Å². The van der Waals surface area contributed by atoms with Crippen LogP contribution in [0.25, 0.3) is 0 Å². The normalized spacial score (nSPS) is 57.8. The lowest BCUT2D eigenvalue weighted by molar-refractivity contribution is -0.401. The molecule has 31 atom stereocenters. The number of aliphatic hydroxyl groups is 12. The number of hydrogen-bond donors (Lipinski definition) is 12. The van der Waals surface area contributed by atoms with Crippen molar-refractivity contribution < 1.29 is 109 Å². The monoisotopic (exact) mass is 1030 g/mol. The Hall–Kier alpha value is -0.880. The summed E-state index contributed by atoms with van der Waals surface area (Å²) in [6, 6.07) is 0. The highest BCUT2D eigenvalue weighted by Gasteiger charge is 2.69. The van der Waals surface area contributed by atoms with Crippen molar-refractivity contribution >= 4 is 0 Å². The Morgan fingerprint density at radius 3 is 1.82 bits per heavy atom. The van der Waals surface area contributed by atoms with Crippen molar-refractivity contribution in [2.24, 2.45) is 52.3 Å². The van der Waals surface area contributed by atoms with Crippen LogP contribution in [-0.4, -0.2) is 229 Å². The molecule has 0 bridgehead atoms. The Morgan fingerprint density at radius 2 is 1.12 bits per heavy atom. The Morgan fingerprint density at radius 1 is 0.514 bits per heavy atom. The van der Waals surface area contributed by atoms with E-state index >= 15 is 0 Å². The van der Waals surface area contributed by atoms with Crippen LogP contribution < -0.4 is 0 Å². The second-order valence-electron chi connectivity index (χ2n) is 23.9. The number of fused-ring (bicyclic) bond motifs is 7. The maximum Gasteiger partial charge on any atom is 0.187 e. The van der Waals surface area contributed by atoms with Crippen LogP contribution in [0.3, 0.4) is 0 Å². The van der Waals surface area contributed by atoms with Gasteiger partial charge in [-0.05, 0) is 104 Å². The maximum atomic E-state index is 11.9. The minimum atomic E-state index is -1.98. The molecule has 6 heterocycles. The standard InChI is InChI=1S/C50H82O22/c1-20-7-12-50(64-18-20)21(2)32-28(72-50)14-26-24-6-5-22-13-23(8-10-48(22,3)25(24)9-11-49(26,32)4)65-45-39(61)36(58)41(30(16-52)67-45)70-47-43(71-46-38(60)35(57)34(56)29(15-51)66-46)40(62)42(31(17-53)68-47)69-44-37(59)33(55)27(54)19-63-44/h20-47,51-62H,5-19H2,1-4H3/t20-,21+,22+,23+,24-,25+,26+,27-,28+,29-,30-,31-,32+,33+,34+,35+,36-,37-,38-,39-,40+,41+,42-,43-,44+,45-,46+,47+,48+,49+,50-/m1/s1. The molecule has 4 aliphatic carbocycles. The summed E-state index contributed by atoms with van der Waals surface area (Å²) in [4.78, 5) is 0. The highest BCUT2D eigenvalue weighted by atomic mass is 16.8. The lowest BCUT2D eigenvalue weighted by Crippen LogP contribution is -2.68. The molecule has 6 aliphatic heterocycles. The molecule has 12 N–H and O–H groups in total. The van der Waals surface area contributed by atoms with Gasteiger partial charge in [-0.2, -0.15) is 0 Å².